The molecule has 0 unspecified atom stereocenters. The zero-order valence-corrected chi connectivity index (χ0v) is 11.8. The predicted molar refractivity (Wildman–Crippen MR) is 75.5 cm³/mol. The molecule has 100 valence electrons. The summed E-state index contributed by atoms with van der Waals surface area (Å²) in [4.78, 5) is 12.4. The van der Waals surface area contributed by atoms with E-state index in [9.17, 15) is 4.79 Å². The zero-order valence-electron chi connectivity index (χ0n) is 10.2. The smallest absolute Gasteiger partial charge is 0.374 e. The maximum Gasteiger partial charge on any atom is 0.374 e. The summed E-state index contributed by atoms with van der Waals surface area (Å²) in [6, 6.07) is 7.06. The van der Waals surface area contributed by atoms with E-state index < -0.39 is 5.97 Å². The normalized spacial score (nSPS) is 10.4. The molecule has 0 spiro atoms. The molecule has 2 N–H and O–H groups in total. The molecule has 0 saturated heterocycles. The number of furan rings is 1. The van der Waals surface area contributed by atoms with Crippen LogP contribution in [0.3, 0.4) is 0 Å². The molecule has 2 rings (SSSR count). The molecule has 1 aromatic heterocycles. The molecule has 0 bridgehead atoms. The lowest BCUT2D eigenvalue weighted by molar-refractivity contribution is 0.0564. The Labute approximate surface area is 119 Å². The molecule has 0 saturated carbocycles. The summed E-state index contributed by atoms with van der Waals surface area (Å²) in [5.41, 5.74) is 7.25. The Morgan fingerprint density at radius 2 is 2.26 bits per heavy atom. The maximum atomic E-state index is 11.5. The van der Waals surface area contributed by atoms with Gasteiger partial charge in [-0.05, 0) is 24.3 Å². The molecular weight excluding hydrogens is 286 g/mol. The van der Waals surface area contributed by atoms with Crippen LogP contribution in [0.15, 0.2) is 39.8 Å². The van der Waals surface area contributed by atoms with Crippen molar-refractivity contribution >= 4 is 35.0 Å². The van der Waals surface area contributed by atoms with Gasteiger partial charge in [-0.15, -0.1) is 11.8 Å². The topological polar surface area (TPSA) is 65.5 Å². The number of ether oxygens (including phenoxy) is 1. The lowest BCUT2D eigenvalue weighted by Gasteiger charge is -2.05. The summed E-state index contributed by atoms with van der Waals surface area (Å²) in [7, 11) is 1.32. The van der Waals surface area contributed by atoms with E-state index in [1.807, 2.05) is 6.07 Å². The van der Waals surface area contributed by atoms with Gasteiger partial charge >= 0.3 is 5.97 Å². The van der Waals surface area contributed by atoms with Crippen LogP contribution in [0.1, 0.15) is 16.1 Å². The van der Waals surface area contributed by atoms with Gasteiger partial charge in [-0.25, -0.2) is 4.79 Å². The van der Waals surface area contributed by atoms with E-state index in [1.54, 1.807) is 18.2 Å². The average Bonchev–Trinajstić information content (AvgIpc) is 2.85. The third kappa shape index (κ3) is 3.24. The lowest BCUT2D eigenvalue weighted by Crippen LogP contribution is -2.02. The second kappa shape index (κ2) is 6.04. The molecule has 2 aromatic rings. The van der Waals surface area contributed by atoms with Crippen LogP contribution in [0.5, 0.6) is 0 Å². The van der Waals surface area contributed by atoms with E-state index in [-0.39, 0.29) is 5.76 Å². The summed E-state index contributed by atoms with van der Waals surface area (Å²) in [6.45, 7) is 0. The Kier molecular flexibility index (Phi) is 4.39. The van der Waals surface area contributed by atoms with Gasteiger partial charge in [0.15, 0.2) is 0 Å². The number of halogens is 1. The first-order chi connectivity index (χ1) is 9.11. The number of esters is 1. The summed E-state index contributed by atoms with van der Waals surface area (Å²) < 4.78 is 9.76. The molecule has 0 atom stereocenters. The third-order valence-electron chi connectivity index (χ3n) is 2.47. The molecule has 6 heteroatoms. The number of carbonyl (C=O) groups is 1. The molecule has 0 aliphatic carbocycles. The first kappa shape index (κ1) is 13.8. The fourth-order valence-corrected chi connectivity index (χ4v) is 2.64. The second-order valence-corrected chi connectivity index (χ2v) is 5.19. The highest BCUT2D eigenvalue weighted by Gasteiger charge is 2.16. The number of hydrogen-bond acceptors (Lipinski definition) is 5. The molecule has 1 aromatic carbocycles. The van der Waals surface area contributed by atoms with E-state index >= 15 is 0 Å². The van der Waals surface area contributed by atoms with Crippen LogP contribution < -0.4 is 5.73 Å². The number of anilines is 1. The fraction of sp³-hybridized carbons (Fsp3) is 0.154. The number of methoxy groups -OCH3 is 1. The van der Waals surface area contributed by atoms with Crippen molar-refractivity contribution in [3.8, 4) is 0 Å². The van der Waals surface area contributed by atoms with Crippen molar-refractivity contribution in [2.75, 3.05) is 12.8 Å². The summed E-state index contributed by atoms with van der Waals surface area (Å²) >= 11 is 7.34. The minimum Gasteiger partial charge on any atom is -0.463 e. The molecule has 0 aliphatic rings. The number of nitrogen functional groups attached to an aromatic ring is 1. The van der Waals surface area contributed by atoms with Crippen LogP contribution in [0.4, 0.5) is 5.69 Å². The highest BCUT2D eigenvalue weighted by molar-refractivity contribution is 7.98. The van der Waals surface area contributed by atoms with Crippen molar-refractivity contribution in [2.45, 2.75) is 10.6 Å². The number of hydrogen-bond donors (Lipinski definition) is 1. The lowest BCUT2D eigenvalue weighted by atomic mass is 10.3. The average molecular weight is 298 g/mol. The second-order valence-electron chi connectivity index (χ2n) is 3.74. The van der Waals surface area contributed by atoms with E-state index in [1.165, 1.54) is 25.1 Å². The van der Waals surface area contributed by atoms with Gasteiger partial charge in [0, 0.05) is 26.9 Å². The van der Waals surface area contributed by atoms with E-state index in [0.29, 0.717) is 16.5 Å². The Balaban J connectivity index is 2.10. The molecule has 19 heavy (non-hydrogen) atoms. The van der Waals surface area contributed by atoms with Gasteiger partial charge < -0.3 is 14.9 Å². The minimum absolute atomic E-state index is 0.225. The van der Waals surface area contributed by atoms with Crippen LogP contribution in [0.25, 0.3) is 0 Å². The first-order valence-electron chi connectivity index (χ1n) is 5.44. The van der Waals surface area contributed by atoms with Crippen molar-refractivity contribution in [1.82, 2.24) is 0 Å². The first-order valence-corrected chi connectivity index (χ1v) is 6.80. The van der Waals surface area contributed by atoms with Crippen molar-refractivity contribution in [3.63, 3.8) is 0 Å². The van der Waals surface area contributed by atoms with Gasteiger partial charge in [0.2, 0.25) is 5.76 Å². The number of carbonyl (C=O) groups excluding carboxylic acids is 1. The van der Waals surface area contributed by atoms with Gasteiger partial charge in [0.1, 0.15) is 0 Å². The Morgan fingerprint density at radius 1 is 1.47 bits per heavy atom. The monoisotopic (exact) mass is 297 g/mol. The van der Waals surface area contributed by atoms with Gasteiger partial charge in [0.25, 0.3) is 0 Å². The number of rotatable bonds is 4. The van der Waals surface area contributed by atoms with E-state index in [2.05, 4.69) is 4.74 Å². The number of nitrogens with two attached hydrogens (primary N) is 1. The van der Waals surface area contributed by atoms with Crippen LogP contribution >= 0.6 is 23.4 Å². The zero-order chi connectivity index (χ0) is 13.8. The van der Waals surface area contributed by atoms with E-state index in [0.717, 1.165) is 10.5 Å². The molecule has 0 radical (unpaired) electrons. The predicted octanol–water partition coefficient (Wildman–Crippen LogP) is 3.59. The van der Waals surface area contributed by atoms with Crippen molar-refractivity contribution in [2.24, 2.45) is 0 Å². The highest BCUT2D eigenvalue weighted by atomic mass is 35.5. The van der Waals surface area contributed by atoms with Gasteiger partial charge in [0.05, 0.1) is 13.4 Å². The minimum atomic E-state index is -0.482. The molecule has 0 amide bonds. The molecule has 0 aliphatic heterocycles. The SMILES string of the molecule is COC(=O)c1occc1CSc1ccc(Cl)cc1N. The summed E-state index contributed by atoms with van der Waals surface area (Å²) in [5.74, 6) is 0.305. The largest absolute Gasteiger partial charge is 0.463 e. The van der Waals surface area contributed by atoms with Crippen LogP contribution in [0, 0.1) is 0 Å². The summed E-state index contributed by atoms with van der Waals surface area (Å²) in [5, 5.41) is 0.598. The standard InChI is InChI=1S/C13H12ClNO3S/c1-17-13(16)12-8(4-5-18-12)7-19-11-3-2-9(14)6-10(11)15/h2-6H,7,15H2,1H3. The highest BCUT2D eigenvalue weighted by Crippen LogP contribution is 2.31. The maximum absolute atomic E-state index is 11.5. The van der Waals surface area contributed by atoms with Crippen LogP contribution in [-0.4, -0.2) is 13.1 Å². The van der Waals surface area contributed by atoms with Crippen molar-refractivity contribution in [3.05, 3.63) is 46.9 Å². The Bertz CT molecular complexity index is 597. The summed E-state index contributed by atoms with van der Waals surface area (Å²) in [6.07, 6.45) is 1.47. The van der Waals surface area contributed by atoms with Gasteiger partial charge in [-0.2, -0.15) is 0 Å². The van der Waals surface area contributed by atoms with Crippen molar-refractivity contribution in [1.29, 1.82) is 0 Å². The fourth-order valence-electron chi connectivity index (χ4n) is 1.53. The number of thioether (sulfide) groups is 1. The third-order valence-corrected chi connectivity index (χ3v) is 3.85. The molecule has 1 heterocycles. The molecule has 4 nitrogen and oxygen atoms in total. The van der Waals surface area contributed by atoms with Gasteiger partial charge in [-0.1, -0.05) is 11.6 Å². The Hall–Kier alpha value is -1.59. The number of benzene rings is 1. The van der Waals surface area contributed by atoms with E-state index in [4.69, 9.17) is 21.8 Å². The molecular formula is C13H12ClNO3S. The van der Waals surface area contributed by atoms with Crippen LogP contribution in [-0.2, 0) is 10.5 Å². The molecule has 0 fully saturated rings. The Morgan fingerprint density at radius 3 is 2.95 bits per heavy atom. The van der Waals surface area contributed by atoms with Crippen LogP contribution in [0.2, 0.25) is 5.02 Å². The van der Waals surface area contributed by atoms with Crippen molar-refractivity contribution < 1.29 is 13.9 Å². The quantitative estimate of drug-likeness (QED) is 0.531. The van der Waals surface area contributed by atoms with Gasteiger partial charge in [-0.3, -0.25) is 0 Å².